The molecule has 0 amide bonds. The van der Waals surface area contributed by atoms with Gasteiger partial charge in [0.2, 0.25) is 0 Å². The van der Waals surface area contributed by atoms with Crippen molar-refractivity contribution in [1.82, 2.24) is 5.32 Å². The number of ether oxygens (including phenoxy) is 2. The van der Waals surface area contributed by atoms with E-state index in [1.165, 1.54) is 5.56 Å². The molecule has 0 spiro atoms. The summed E-state index contributed by atoms with van der Waals surface area (Å²) < 4.78 is 11.5. The molecule has 0 aliphatic rings. The summed E-state index contributed by atoms with van der Waals surface area (Å²) >= 11 is 6.53. The first-order valence-corrected chi connectivity index (χ1v) is 10.2. The molecule has 1 N–H and O–H groups in total. The summed E-state index contributed by atoms with van der Waals surface area (Å²) in [4.78, 5) is 0. The Balaban J connectivity index is 2.10. The van der Waals surface area contributed by atoms with Crippen molar-refractivity contribution >= 4 is 11.6 Å². The first-order chi connectivity index (χ1) is 13.0. The number of nitrogens with one attached hydrogen (secondary N) is 1. The van der Waals surface area contributed by atoms with Crippen molar-refractivity contribution in [2.24, 2.45) is 5.41 Å². The number of rotatable bonds is 8. The maximum atomic E-state index is 6.53. The first kappa shape index (κ1) is 22.6. The summed E-state index contributed by atoms with van der Waals surface area (Å²) in [6, 6.07) is 12.2. The summed E-state index contributed by atoms with van der Waals surface area (Å²) in [5.74, 6) is 1.24. The van der Waals surface area contributed by atoms with Crippen molar-refractivity contribution < 1.29 is 9.47 Å². The Labute approximate surface area is 175 Å². The van der Waals surface area contributed by atoms with Gasteiger partial charge in [0.05, 0.1) is 12.1 Å². The number of hydrogen-bond acceptors (Lipinski definition) is 3. The fourth-order valence-corrected chi connectivity index (χ4v) is 3.99. The second kappa shape index (κ2) is 9.19. The second-order valence-electron chi connectivity index (χ2n) is 9.36. The standard InChI is InChI=1S/C24H34ClNO2/c1-17-9-8-10-18(11-17)15-28-22-20(25)12-19(13-21(22)27-7)14-26-24(5,6)16-23(2,3)4/h8-13,26H,14-16H2,1-7H3. The van der Waals surface area contributed by atoms with Crippen LogP contribution in [-0.4, -0.2) is 12.6 Å². The average Bonchev–Trinajstić information content (AvgIpc) is 2.56. The molecule has 0 aliphatic heterocycles. The lowest BCUT2D eigenvalue weighted by molar-refractivity contribution is 0.240. The molecule has 0 bridgehead atoms. The highest BCUT2D eigenvalue weighted by atomic mass is 35.5. The van der Waals surface area contributed by atoms with Gasteiger partial charge in [-0.2, -0.15) is 0 Å². The highest BCUT2D eigenvalue weighted by molar-refractivity contribution is 6.32. The highest BCUT2D eigenvalue weighted by Gasteiger charge is 2.25. The Kier molecular flexibility index (Phi) is 7.41. The van der Waals surface area contributed by atoms with Crippen molar-refractivity contribution in [3.8, 4) is 11.5 Å². The van der Waals surface area contributed by atoms with Gasteiger partial charge in [0.25, 0.3) is 0 Å². The molecule has 0 fully saturated rings. The summed E-state index contributed by atoms with van der Waals surface area (Å²) in [6.07, 6.45) is 1.07. The molecule has 0 atom stereocenters. The Morgan fingerprint density at radius 1 is 1.00 bits per heavy atom. The van der Waals surface area contributed by atoms with Crippen LogP contribution < -0.4 is 14.8 Å². The molecule has 0 unspecified atom stereocenters. The predicted molar refractivity (Wildman–Crippen MR) is 119 cm³/mol. The third-order valence-corrected chi connectivity index (χ3v) is 4.78. The van der Waals surface area contributed by atoms with E-state index in [9.17, 15) is 0 Å². The molecule has 0 heterocycles. The van der Waals surface area contributed by atoms with Gasteiger partial charge in [-0.25, -0.2) is 0 Å². The molecule has 2 aromatic carbocycles. The fourth-order valence-electron chi connectivity index (χ4n) is 3.70. The van der Waals surface area contributed by atoms with Gasteiger partial charge in [-0.1, -0.05) is 62.2 Å². The van der Waals surface area contributed by atoms with Crippen LogP contribution in [0.2, 0.25) is 5.02 Å². The maximum Gasteiger partial charge on any atom is 0.180 e. The highest BCUT2D eigenvalue weighted by Crippen LogP contribution is 2.37. The molecule has 154 valence electrons. The van der Waals surface area contributed by atoms with Gasteiger partial charge in [-0.05, 0) is 55.9 Å². The van der Waals surface area contributed by atoms with E-state index in [1.54, 1.807) is 7.11 Å². The SMILES string of the molecule is COc1cc(CNC(C)(C)CC(C)(C)C)cc(Cl)c1OCc1cccc(C)c1. The first-order valence-electron chi connectivity index (χ1n) is 9.79. The van der Waals surface area contributed by atoms with E-state index in [1.807, 2.05) is 24.3 Å². The minimum atomic E-state index is 0.0261. The molecular weight excluding hydrogens is 370 g/mol. The van der Waals surface area contributed by atoms with Crippen molar-refractivity contribution in [1.29, 1.82) is 0 Å². The van der Waals surface area contributed by atoms with Gasteiger partial charge in [0, 0.05) is 12.1 Å². The molecule has 0 saturated heterocycles. The summed E-state index contributed by atoms with van der Waals surface area (Å²) in [7, 11) is 1.64. The second-order valence-corrected chi connectivity index (χ2v) is 9.77. The van der Waals surface area contributed by atoms with Crippen LogP contribution in [0.15, 0.2) is 36.4 Å². The molecule has 28 heavy (non-hydrogen) atoms. The Bertz CT molecular complexity index is 794. The zero-order valence-electron chi connectivity index (χ0n) is 18.3. The molecule has 0 aliphatic carbocycles. The van der Waals surface area contributed by atoms with Gasteiger partial charge in [-0.15, -0.1) is 0 Å². The molecule has 0 radical (unpaired) electrons. The van der Waals surface area contributed by atoms with E-state index in [2.05, 4.69) is 59.0 Å². The third-order valence-electron chi connectivity index (χ3n) is 4.50. The van der Waals surface area contributed by atoms with Gasteiger partial charge in [-0.3, -0.25) is 0 Å². The van der Waals surface area contributed by atoms with Crippen LogP contribution in [0.5, 0.6) is 11.5 Å². The van der Waals surface area contributed by atoms with Crippen LogP contribution in [0.1, 0.15) is 57.7 Å². The zero-order chi connectivity index (χ0) is 20.9. The minimum Gasteiger partial charge on any atom is -0.493 e. The van der Waals surface area contributed by atoms with E-state index in [-0.39, 0.29) is 11.0 Å². The minimum absolute atomic E-state index is 0.0261. The smallest absolute Gasteiger partial charge is 0.180 e. The van der Waals surface area contributed by atoms with Gasteiger partial charge >= 0.3 is 0 Å². The monoisotopic (exact) mass is 403 g/mol. The number of hydrogen-bond donors (Lipinski definition) is 1. The van der Waals surface area contributed by atoms with Crippen LogP contribution in [-0.2, 0) is 13.2 Å². The van der Waals surface area contributed by atoms with Crippen LogP contribution >= 0.6 is 11.6 Å². The van der Waals surface area contributed by atoms with E-state index < -0.39 is 0 Å². The van der Waals surface area contributed by atoms with Crippen molar-refractivity contribution in [2.45, 2.75) is 66.7 Å². The number of benzene rings is 2. The van der Waals surface area contributed by atoms with Gasteiger partial charge in [0.1, 0.15) is 6.61 Å². The molecule has 0 saturated carbocycles. The van der Waals surface area contributed by atoms with Crippen LogP contribution in [0.3, 0.4) is 0 Å². The molecule has 0 aromatic heterocycles. The molecule has 3 nitrogen and oxygen atoms in total. The molecule has 2 aromatic rings. The van der Waals surface area contributed by atoms with Crippen molar-refractivity contribution in [3.05, 3.63) is 58.1 Å². The van der Waals surface area contributed by atoms with E-state index in [4.69, 9.17) is 21.1 Å². The number of methoxy groups -OCH3 is 1. The average molecular weight is 404 g/mol. The van der Waals surface area contributed by atoms with Crippen LogP contribution in [0.4, 0.5) is 0 Å². The Morgan fingerprint density at radius 3 is 2.32 bits per heavy atom. The third kappa shape index (κ3) is 7.03. The number of halogens is 1. The largest absolute Gasteiger partial charge is 0.493 e. The van der Waals surface area contributed by atoms with Crippen molar-refractivity contribution in [3.63, 3.8) is 0 Å². The lowest BCUT2D eigenvalue weighted by Gasteiger charge is -2.33. The molecule has 2 rings (SSSR count). The predicted octanol–water partition coefficient (Wildman–Crippen LogP) is 6.54. The maximum absolute atomic E-state index is 6.53. The topological polar surface area (TPSA) is 30.5 Å². The van der Waals surface area contributed by atoms with Gasteiger partial charge < -0.3 is 14.8 Å². The van der Waals surface area contributed by atoms with Crippen LogP contribution in [0, 0.1) is 12.3 Å². The molecule has 4 heteroatoms. The van der Waals surface area contributed by atoms with Crippen LogP contribution in [0.25, 0.3) is 0 Å². The van der Waals surface area contributed by atoms with E-state index in [0.29, 0.717) is 23.1 Å². The number of aryl methyl sites for hydroxylation is 1. The van der Waals surface area contributed by atoms with E-state index >= 15 is 0 Å². The Morgan fingerprint density at radius 2 is 1.71 bits per heavy atom. The lowest BCUT2D eigenvalue weighted by atomic mass is 9.82. The van der Waals surface area contributed by atoms with Gasteiger partial charge in [0.15, 0.2) is 11.5 Å². The summed E-state index contributed by atoms with van der Waals surface area (Å²) in [6.45, 7) is 14.5. The normalized spacial score (nSPS) is 12.1. The summed E-state index contributed by atoms with van der Waals surface area (Å²) in [5, 5.41) is 4.21. The molecular formula is C24H34ClNO2. The lowest BCUT2D eigenvalue weighted by Crippen LogP contribution is -2.41. The van der Waals surface area contributed by atoms with Crippen molar-refractivity contribution in [2.75, 3.05) is 7.11 Å². The quantitative estimate of drug-likeness (QED) is 0.542. The Hall–Kier alpha value is -1.71. The zero-order valence-corrected chi connectivity index (χ0v) is 19.0. The van der Waals surface area contributed by atoms with E-state index in [0.717, 1.165) is 24.1 Å². The fraction of sp³-hybridized carbons (Fsp3) is 0.500. The summed E-state index contributed by atoms with van der Waals surface area (Å²) in [5.41, 5.74) is 3.68.